The van der Waals surface area contributed by atoms with Crippen LogP contribution in [0.3, 0.4) is 0 Å². The van der Waals surface area contributed by atoms with Gasteiger partial charge in [0.1, 0.15) is 0 Å². The van der Waals surface area contributed by atoms with Gasteiger partial charge in [0.2, 0.25) is 0 Å². The number of carbonyl (C=O) groups excluding carboxylic acids is 1. The van der Waals surface area contributed by atoms with Gasteiger partial charge in [-0.05, 0) is 32.2 Å². The molecule has 0 saturated heterocycles. The summed E-state index contributed by atoms with van der Waals surface area (Å²) >= 11 is 0. The SMILES string of the molecule is Cc1nn(C)c(C)c1C(=O)NCCCCN=[N+]=[N-]. The standard InChI is InChI=1S/C11H18N6O/c1-8-10(9(2)17(3)15-8)11(18)13-6-4-5-7-14-16-12/h4-7H2,1-3H3,(H,13,18). The molecule has 0 bridgehead atoms. The maximum atomic E-state index is 11.9. The first-order valence-electron chi connectivity index (χ1n) is 5.87. The highest BCUT2D eigenvalue weighted by Crippen LogP contribution is 2.11. The minimum atomic E-state index is -0.0955. The Labute approximate surface area is 106 Å². The van der Waals surface area contributed by atoms with E-state index in [0.717, 1.165) is 24.2 Å². The van der Waals surface area contributed by atoms with Gasteiger partial charge in [0, 0.05) is 30.7 Å². The van der Waals surface area contributed by atoms with E-state index in [1.165, 1.54) is 0 Å². The van der Waals surface area contributed by atoms with Gasteiger partial charge in [-0.15, -0.1) is 0 Å². The summed E-state index contributed by atoms with van der Waals surface area (Å²) in [6.07, 6.45) is 1.57. The molecule has 0 aromatic carbocycles. The molecule has 1 rings (SSSR count). The van der Waals surface area contributed by atoms with Gasteiger partial charge in [-0.3, -0.25) is 9.48 Å². The van der Waals surface area contributed by atoms with Crippen molar-refractivity contribution < 1.29 is 4.79 Å². The number of unbranched alkanes of at least 4 members (excludes halogenated alkanes) is 1. The molecule has 1 aromatic rings. The lowest BCUT2D eigenvalue weighted by molar-refractivity contribution is 0.0951. The Bertz CT molecular complexity index is 472. The number of aryl methyl sites for hydroxylation is 2. The highest BCUT2D eigenvalue weighted by atomic mass is 16.1. The van der Waals surface area contributed by atoms with E-state index >= 15 is 0 Å². The molecule has 0 radical (unpaired) electrons. The van der Waals surface area contributed by atoms with Crippen LogP contribution in [0.5, 0.6) is 0 Å². The number of aromatic nitrogens is 2. The number of nitrogens with one attached hydrogen (secondary N) is 1. The minimum Gasteiger partial charge on any atom is -0.352 e. The highest BCUT2D eigenvalue weighted by Gasteiger charge is 2.16. The van der Waals surface area contributed by atoms with E-state index in [0.29, 0.717) is 18.7 Å². The molecule has 1 heterocycles. The summed E-state index contributed by atoms with van der Waals surface area (Å²) in [6, 6.07) is 0. The van der Waals surface area contributed by atoms with Crippen LogP contribution in [0.2, 0.25) is 0 Å². The van der Waals surface area contributed by atoms with Gasteiger partial charge in [0.05, 0.1) is 11.3 Å². The number of amides is 1. The molecule has 18 heavy (non-hydrogen) atoms. The molecule has 1 amide bonds. The second-order valence-corrected chi connectivity index (χ2v) is 4.09. The van der Waals surface area contributed by atoms with Crippen LogP contribution >= 0.6 is 0 Å². The van der Waals surface area contributed by atoms with Gasteiger partial charge in [-0.25, -0.2) is 0 Å². The number of hydrogen-bond donors (Lipinski definition) is 1. The first-order chi connectivity index (χ1) is 8.57. The van der Waals surface area contributed by atoms with Crippen molar-refractivity contribution in [3.05, 3.63) is 27.4 Å². The Morgan fingerprint density at radius 1 is 1.50 bits per heavy atom. The van der Waals surface area contributed by atoms with Crippen molar-refractivity contribution in [2.45, 2.75) is 26.7 Å². The van der Waals surface area contributed by atoms with E-state index in [-0.39, 0.29) is 5.91 Å². The van der Waals surface area contributed by atoms with E-state index in [1.807, 2.05) is 20.9 Å². The highest BCUT2D eigenvalue weighted by molar-refractivity contribution is 5.96. The molecular weight excluding hydrogens is 232 g/mol. The van der Waals surface area contributed by atoms with Crippen LogP contribution in [-0.2, 0) is 7.05 Å². The van der Waals surface area contributed by atoms with Gasteiger partial charge in [0.25, 0.3) is 5.91 Å². The van der Waals surface area contributed by atoms with Crippen molar-refractivity contribution in [3.63, 3.8) is 0 Å². The van der Waals surface area contributed by atoms with Crippen LogP contribution in [0, 0.1) is 13.8 Å². The summed E-state index contributed by atoms with van der Waals surface area (Å²) < 4.78 is 1.70. The first kappa shape index (κ1) is 14.1. The number of rotatable bonds is 6. The molecule has 0 atom stereocenters. The lowest BCUT2D eigenvalue weighted by Crippen LogP contribution is -2.25. The Hall–Kier alpha value is -2.01. The van der Waals surface area contributed by atoms with Crippen LogP contribution in [-0.4, -0.2) is 28.8 Å². The molecule has 0 aliphatic heterocycles. The monoisotopic (exact) mass is 250 g/mol. The number of carbonyl (C=O) groups is 1. The summed E-state index contributed by atoms with van der Waals surface area (Å²) in [5.74, 6) is -0.0955. The fourth-order valence-electron chi connectivity index (χ4n) is 1.74. The van der Waals surface area contributed by atoms with E-state index in [2.05, 4.69) is 20.4 Å². The molecule has 0 fully saturated rings. The molecule has 0 aliphatic rings. The van der Waals surface area contributed by atoms with E-state index < -0.39 is 0 Å². The second kappa shape index (κ2) is 6.66. The lowest BCUT2D eigenvalue weighted by atomic mass is 10.2. The smallest absolute Gasteiger partial charge is 0.255 e. The molecule has 7 heteroatoms. The van der Waals surface area contributed by atoms with Crippen LogP contribution in [0.1, 0.15) is 34.6 Å². The summed E-state index contributed by atoms with van der Waals surface area (Å²) in [4.78, 5) is 14.6. The zero-order valence-corrected chi connectivity index (χ0v) is 11.0. The maximum absolute atomic E-state index is 11.9. The van der Waals surface area contributed by atoms with Gasteiger partial charge in [-0.2, -0.15) is 5.10 Å². The minimum absolute atomic E-state index is 0.0955. The number of hydrogen-bond acceptors (Lipinski definition) is 3. The molecule has 1 N–H and O–H groups in total. The Morgan fingerprint density at radius 2 is 2.22 bits per heavy atom. The van der Waals surface area contributed by atoms with Gasteiger partial charge in [0.15, 0.2) is 0 Å². The fraction of sp³-hybridized carbons (Fsp3) is 0.636. The second-order valence-electron chi connectivity index (χ2n) is 4.09. The van der Waals surface area contributed by atoms with Crippen molar-refractivity contribution >= 4 is 5.91 Å². The quantitative estimate of drug-likeness (QED) is 0.361. The van der Waals surface area contributed by atoms with Crippen LogP contribution in [0.15, 0.2) is 5.11 Å². The third kappa shape index (κ3) is 3.49. The first-order valence-corrected chi connectivity index (χ1v) is 5.87. The van der Waals surface area contributed by atoms with Gasteiger partial charge in [-0.1, -0.05) is 5.11 Å². The maximum Gasteiger partial charge on any atom is 0.255 e. The molecule has 0 unspecified atom stereocenters. The van der Waals surface area contributed by atoms with Crippen LogP contribution in [0.25, 0.3) is 10.4 Å². The zero-order chi connectivity index (χ0) is 13.5. The summed E-state index contributed by atoms with van der Waals surface area (Å²) in [5, 5.41) is 10.5. The molecular formula is C11H18N6O. The normalized spacial score (nSPS) is 9.94. The van der Waals surface area contributed by atoms with Gasteiger partial charge >= 0.3 is 0 Å². The van der Waals surface area contributed by atoms with Crippen molar-refractivity contribution in [3.8, 4) is 0 Å². The van der Waals surface area contributed by atoms with Crippen LogP contribution in [0.4, 0.5) is 0 Å². The van der Waals surface area contributed by atoms with E-state index in [4.69, 9.17) is 5.53 Å². The lowest BCUT2D eigenvalue weighted by Gasteiger charge is -2.04. The summed E-state index contributed by atoms with van der Waals surface area (Å²) in [7, 11) is 1.82. The predicted molar refractivity (Wildman–Crippen MR) is 68.3 cm³/mol. The van der Waals surface area contributed by atoms with E-state index in [9.17, 15) is 4.79 Å². The number of nitrogens with zero attached hydrogens (tertiary/aromatic N) is 5. The Morgan fingerprint density at radius 3 is 2.78 bits per heavy atom. The van der Waals surface area contributed by atoms with E-state index in [1.54, 1.807) is 4.68 Å². The van der Waals surface area contributed by atoms with Gasteiger partial charge < -0.3 is 5.32 Å². The molecule has 0 spiro atoms. The average Bonchev–Trinajstić information content (AvgIpc) is 2.58. The van der Waals surface area contributed by atoms with Crippen molar-refractivity contribution in [1.82, 2.24) is 15.1 Å². The predicted octanol–water partition coefficient (Wildman–Crippen LogP) is 1.86. The Kier molecular flexibility index (Phi) is 5.20. The Balaban J connectivity index is 2.43. The fourth-order valence-corrected chi connectivity index (χ4v) is 1.74. The average molecular weight is 250 g/mol. The third-order valence-electron chi connectivity index (χ3n) is 2.77. The number of azide groups is 1. The molecule has 7 nitrogen and oxygen atoms in total. The third-order valence-corrected chi connectivity index (χ3v) is 2.77. The zero-order valence-electron chi connectivity index (χ0n) is 11.0. The van der Waals surface area contributed by atoms with Crippen molar-refractivity contribution in [2.75, 3.05) is 13.1 Å². The molecule has 98 valence electrons. The van der Waals surface area contributed by atoms with Crippen molar-refractivity contribution in [1.29, 1.82) is 0 Å². The van der Waals surface area contributed by atoms with Crippen LogP contribution < -0.4 is 5.32 Å². The topological polar surface area (TPSA) is 95.7 Å². The molecule has 0 saturated carbocycles. The molecule has 1 aromatic heterocycles. The summed E-state index contributed by atoms with van der Waals surface area (Å²) in [5.41, 5.74) is 10.3. The molecule has 0 aliphatic carbocycles. The summed E-state index contributed by atoms with van der Waals surface area (Å²) in [6.45, 7) is 4.74. The largest absolute Gasteiger partial charge is 0.352 e. The van der Waals surface area contributed by atoms with Crippen molar-refractivity contribution in [2.24, 2.45) is 12.2 Å².